The Hall–Kier alpha value is -3.12. The molecular weight excluding hydrogens is 514 g/mol. The van der Waals surface area contributed by atoms with Gasteiger partial charge in [0.25, 0.3) is 0 Å². The van der Waals surface area contributed by atoms with Crippen molar-refractivity contribution in [1.29, 1.82) is 0 Å². The second-order valence-electron chi connectivity index (χ2n) is 10.7. The predicted octanol–water partition coefficient (Wildman–Crippen LogP) is 7.95. The molecule has 0 atom stereocenters. The third kappa shape index (κ3) is 4.43. The van der Waals surface area contributed by atoms with Gasteiger partial charge in [0.05, 0.1) is 16.9 Å². The Morgan fingerprint density at radius 1 is 1.00 bits per heavy atom. The average molecular weight is 547 g/mol. The van der Waals surface area contributed by atoms with Crippen molar-refractivity contribution in [2.75, 3.05) is 0 Å². The van der Waals surface area contributed by atoms with Crippen LogP contribution in [0, 0.1) is 13.8 Å². The maximum absolute atomic E-state index is 12.6. The Morgan fingerprint density at radius 3 is 2.25 bits per heavy atom. The molecule has 5 nitrogen and oxygen atoms in total. The van der Waals surface area contributed by atoms with Crippen LogP contribution in [0.3, 0.4) is 0 Å². The molecule has 1 N–H and O–H groups in total. The number of rotatable bonds is 4. The van der Waals surface area contributed by atoms with Crippen molar-refractivity contribution in [3.8, 4) is 22.5 Å². The van der Waals surface area contributed by atoms with Crippen LogP contribution in [0.5, 0.6) is 0 Å². The molecule has 0 radical (unpaired) electrons. The van der Waals surface area contributed by atoms with Crippen LogP contribution in [0.1, 0.15) is 56.7 Å². The van der Waals surface area contributed by atoms with E-state index in [2.05, 4.69) is 94.2 Å². The topological polar surface area (TPSA) is 55.6 Å². The Balaban J connectivity index is 1.56. The number of amides is 1. The number of imidazole rings is 1. The lowest BCUT2D eigenvalue weighted by atomic mass is 9.71. The van der Waals surface area contributed by atoms with E-state index in [1.165, 1.54) is 5.56 Å². The number of halogens is 1. The molecule has 2 aromatic carbocycles. The van der Waals surface area contributed by atoms with Crippen LogP contribution in [-0.4, -0.2) is 21.1 Å². The van der Waals surface area contributed by atoms with Gasteiger partial charge in [0.1, 0.15) is 11.2 Å². The molecule has 186 valence electrons. The normalized spacial score (nSPS) is 14.9. The standard InChI is InChI=1S/C30H32BrN3O2/c1-19-20(2)27-32-25(26(34(27)18-24(19)31)22-10-7-6-8-11-22)21-12-14-23(15-13-21)30(16-9-17-30)33-28(35)36-29(3,4)5/h6-8,10-15,18H,9,16-17H2,1-5H3,(H,33,35). The lowest BCUT2D eigenvalue weighted by Crippen LogP contribution is -2.52. The summed E-state index contributed by atoms with van der Waals surface area (Å²) in [7, 11) is 0. The number of fused-ring (bicyclic) bond motifs is 1. The van der Waals surface area contributed by atoms with E-state index in [4.69, 9.17) is 9.72 Å². The van der Waals surface area contributed by atoms with Gasteiger partial charge in [0, 0.05) is 21.8 Å². The van der Waals surface area contributed by atoms with Crippen LogP contribution in [-0.2, 0) is 10.3 Å². The van der Waals surface area contributed by atoms with E-state index in [0.717, 1.165) is 63.0 Å². The third-order valence-electron chi connectivity index (χ3n) is 7.12. The van der Waals surface area contributed by atoms with Gasteiger partial charge in [-0.25, -0.2) is 9.78 Å². The minimum absolute atomic E-state index is 0.366. The van der Waals surface area contributed by atoms with Gasteiger partial charge < -0.3 is 10.1 Å². The third-order valence-corrected chi connectivity index (χ3v) is 7.91. The maximum atomic E-state index is 12.6. The highest BCUT2D eigenvalue weighted by molar-refractivity contribution is 9.10. The fraction of sp³-hybridized carbons (Fsp3) is 0.333. The lowest BCUT2D eigenvalue weighted by molar-refractivity contribution is 0.0377. The Kier molecular flexibility index (Phi) is 6.19. The van der Waals surface area contributed by atoms with Gasteiger partial charge in [0.15, 0.2) is 0 Å². The van der Waals surface area contributed by atoms with E-state index in [1.807, 2.05) is 26.8 Å². The molecule has 0 bridgehead atoms. The van der Waals surface area contributed by atoms with Crippen molar-refractivity contribution < 1.29 is 9.53 Å². The zero-order valence-electron chi connectivity index (χ0n) is 21.5. The van der Waals surface area contributed by atoms with Crippen LogP contribution in [0.4, 0.5) is 4.79 Å². The van der Waals surface area contributed by atoms with E-state index in [-0.39, 0.29) is 11.6 Å². The number of hydrogen-bond acceptors (Lipinski definition) is 3. The number of nitrogens with zero attached hydrogens (tertiary/aromatic N) is 2. The van der Waals surface area contributed by atoms with E-state index in [1.54, 1.807) is 0 Å². The summed E-state index contributed by atoms with van der Waals surface area (Å²) >= 11 is 3.73. The number of benzene rings is 2. The average Bonchev–Trinajstić information content (AvgIpc) is 3.19. The first-order chi connectivity index (χ1) is 17.1. The monoisotopic (exact) mass is 545 g/mol. The highest BCUT2D eigenvalue weighted by Crippen LogP contribution is 2.43. The first kappa shape index (κ1) is 24.6. The zero-order chi connectivity index (χ0) is 25.7. The molecule has 1 amide bonds. The van der Waals surface area contributed by atoms with Gasteiger partial charge in [0.2, 0.25) is 0 Å². The van der Waals surface area contributed by atoms with Crippen LogP contribution in [0.25, 0.3) is 28.2 Å². The first-order valence-corrected chi connectivity index (χ1v) is 13.2. The number of pyridine rings is 1. The Labute approximate surface area is 221 Å². The second-order valence-corrected chi connectivity index (χ2v) is 11.6. The Morgan fingerprint density at radius 2 is 1.67 bits per heavy atom. The van der Waals surface area contributed by atoms with Gasteiger partial charge >= 0.3 is 6.09 Å². The smallest absolute Gasteiger partial charge is 0.408 e. The SMILES string of the molecule is Cc1c(Br)cn2c(-c3ccccc3)c(-c3ccc(C4(NC(=O)OC(C)(C)C)CCC4)cc3)nc2c1C. The number of aromatic nitrogens is 2. The van der Waals surface area contributed by atoms with Crippen molar-refractivity contribution >= 4 is 27.7 Å². The number of nitrogens with one attached hydrogen (secondary N) is 1. The molecule has 2 aromatic heterocycles. The van der Waals surface area contributed by atoms with Gasteiger partial charge in [-0.2, -0.15) is 0 Å². The fourth-order valence-electron chi connectivity index (χ4n) is 4.92. The van der Waals surface area contributed by atoms with Crippen molar-refractivity contribution in [3.63, 3.8) is 0 Å². The molecular formula is C30H32BrN3O2. The van der Waals surface area contributed by atoms with Crippen molar-refractivity contribution in [3.05, 3.63) is 82.0 Å². The summed E-state index contributed by atoms with van der Waals surface area (Å²) in [5, 5.41) is 3.15. The summed E-state index contributed by atoms with van der Waals surface area (Å²) in [5.74, 6) is 0. The molecule has 6 heteroatoms. The van der Waals surface area contributed by atoms with Gasteiger partial charge in [-0.1, -0.05) is 54.6 Å². The quantitative estimate of drug-likeness (QED) is 0.283. The van der Waals surface area contributed by atoms with E-state index < -0.39 is 5.60 Å². The van der Waals surface area contributed by atoms with Gasteiger partial charge in [-0.15, -0.1) is 0 Å². The molecule has 1 fully saturated rings. The molecule has 1 aliphatic rings. The number of alkyl carbamates (subject to hydrolysis) is 1. The van der Waals surface area contributed by atoms with Crippen LogP contribution in [0.2, 0.25) is 0 Å². The number of carbonyl (C=O) groups is 1. The van der Waals surface area contributed by atoms with Gasteiger partial charge in [-0.3, -0.25) is 4.40 Å². The molecule has 0 saturated heterocycles. The number of ether oxygens (including phenoxy) is 1. The zero-order valence-corrected chi connectivity index (χ0v) is 23.1. The summed E-state index contributed by atoms with van der Waals surface area (Å²) in [6.07, 6.45) is 4.63. The molecule has 1 aliphatic carbocycles. The molecule has 0 unspecified atom stereocenters. The summed E-state index contributed by atoms with van der Waals surface area (Å²) in [4.78, 5) is 17.7. The highest BCUT2D eigenvalue weighted by Gasteiger charge is 2.41. The van der Waals surface area contributed by atoms with Gasteiger partial charge in [-0.05, 0) is 86.5 Å². The number of aryl methyl sites for hydroxylation is 1. The minimum Gasteiger partial charge on any atom is -0.444 e. The molecule has 5 rings (SSSR count). The molecule has 0 spiro atoms. The number of hydrogen-bond donors (Lipinski definition) is 1. The summed E-state index contributed by atoms with van der Waals surface area (Å²) in [5.41, 5.74) is 7.65. The maximum Gasteiger partial charge on any atom is 0.408 e. The summed E-state index contributed by atoms with van der Waals surface area (Å²) in [6.45, 7) is 9.88. The van der Waals surface area contributed by atoms with E-state index in [0.29, 0.717) is 0 Å². The van der Waals surface area contributed by atoms with Crippen LogP contribution < -0.4 is 5.32 Å². The van der Waals surface area contributed by atoms with Crippen molar-refractivity contribution in [2.24, 2.45) is 0 Å². The lowest BCUT2D eigenvalue weighted by Gasteiger charge is -2.43. The largest absolute Gasteiger partial charge is 0.444 e. The molecule has 36 heavy (non-hydrogen) atoms. The van der Waals surface area contributed by atoms with Crippen LogP contribution in [0.15, 0.2) is 65.3 Å². The van der Waals surface area contributed by atoms with Crippen LogP contribution >= 0.6 is 15.9 Å². The molecule has 2 heterocycles. The summed E-state index contributed by atoms with van der Waals surface area (Å²) < 4.78 is 8.79. The second kappa shape index (κ2) is 9.07. The fourth-order valence-corrected chi connectivity index (χ4v) is 5.42. The Bertz CT molecular complexity index is 1430. The predicted molar refractivity (Wildman–Crippen MR) is 148 cm³/mol. The number of carbonyl (C=O) groups excluding carboxylic acids is 1. The summed E-state index contributed by atoms with van der Waals surface area (Å²) in [6, 6.07) is 18.9. The van der Waals surface area contributed by atoms with Crippen molar-refractivity contribution in [2.45, 2.75) is 65.0 Å². The molecule has 0 aliphatic heterocycles. The molecule has 4 aromatic rings. The highest BCUT2D eigenvalue weighted by atomic mass is 79.9. The van der Waals surface area contributed by atoms with Crippen molar-refractivity contribution in [1.82, 2.24) is 14.7 Å². The minimum atomic E-state index is -0.526. The molecule has 1 saturated carbocycles. The van der Waals surface area contributed by atoms with E-state index in [9.17, 15) is 4.79 Å². The van der Waals surface area contributed by atoms with E-state index >= 15 is 0 Å². The first-order valence-electron chi connectivity index (χ1n) is 12.4.